The van der Waals surface area contributed by atoms with Gasteiger partial charge >= 0.3 is 6.09 Å². The van der Waals surface area contributed by atoms with Crippen molar-refractivity contribution in [2.45, 2.75) is 12.8 Å². The number of nitriles is 1. The highest BCUT2D eigenvalue weighted by molar-refractivity contribution is 5.90. The molecule has 0 bridgehead atoms. The maximum absolute atomic E-state index is 11.7. The molecule has 0 radical (unpaired) electrons. The van der Waals surface area contributed by atoms with E-state index >= 15 is 0 Å². The van der Waals surface area contributed by atoms with Crippen LogP contribution in [0.3, 0.4) is 0 Å². The Balaban J connectivity index is 1.75. The molecule has 2 amide bonds. The number of cyclic esters (lactones) is 1. The highest BCUT2D eigenvalue weighted by Gasteiger charge is 2.21. The summed E-state index contributed by atoms with van der Waals surface area (Å²) < 4.78 is 4.80. The van der Waals surface area contributed by atoms with Crippen molar-refractivity contribution in [3.05, 3.63) is 29.8 Å². The molecular formula is C14H15N3O3. The number of benzene rings is 1. The normalized spacial score (nSPS) is 13.8. The summed E-state index contributed by atoms with van der Waals surface area (Å²) in [5.41, 5.74) is 1.11. The number of hydrogen-bond acceptors (Lipinski definition) is 4. The lowest BCUT2D eigenvalue weighted by Gasteiger charge is -2.11. The zero-order valence-electron chi connectivity index (χ0n) is 11.0. The van der Waals surface area contributed by atoms with Crippen molar-refractivity contribution in [1.29, 1.82) is 5.26 Å². The van der Waals surface area contributed by atoms with E-state index in [4.69, 9.17) is 10.00 Å². The van der Waals surface area contributed by atoms with E-state index < -0.39 is 0 Å². The van der Waals surface area contributed by atoms with Crippen LogP contribution in [0.1, 0.15) is 18.4 Å². The van der Waals surface area contributed by atoms with Crippen molar-refractivity contribution in [3.8, 4) is 6.07 Å². The third kappa shape index (κ3) is 3.72. The number of carbonyl (C=O) groups excluding carboxylic acids is 2. The van der Waals surface area contributed by atoms with Crippen molar-refractivity contribution in [1.82, 2.24) is 4.90 Å². The van der Waals surface area contributed by atoms with Crippen LogP contribution in [0.4, 0.5) is 10.5 Å². The number of nitrogens with zero attached hydrogens (tertiary/aromatic N) is 2. The van der Waals surface area contributed by atoms with E-state index in [9.17, 15) is 9.59 Å². The summed E-state index contributed by atoms with van der Waals surface area (Å²) in [5.74, 6) is -0.132. The molecule has 0 aromatic heterocycles. The summed E-state index contributed by atoms with van der Waals surface area (Å²) in [5, 5.41) is 11.5. The van der Waals surface area contributed by atoms with Crippen LogP contribution in [0.15, 0.2) is 24.3 Å². The molecule has 0 unspecified atom stereocenters. The average molecular weight is 273 g/mol. The number of ether oxygens (including phenoxy) is 1. The van der Waals surface area contributed by atoms with Gasteiger partial charge in [-0.05, 0) is 24.6 Å². The van der Waals surface area contributed by atoms with Gasteiger partial charge in [-0.25, -0.2) is 4.79 Å². The van der Waals surface area contributed by atoms with Gasteiger partial charge in [-0.2, -0.15) is 5.26 Å². The Morgan fingerprint density at radius 2 is 2.35 bits per heavy atom. The zero-order valence-corrected chi connectivity index (χ0v) is 11.0. The second kappa shape index (κ2) is 6.57. The van der Waals surface area contributed by atoms with Crippen LogP contribution in [0.5, 0.6) is 0 Å². The van der Waals surface area contributed by atoms with Gasteiger partial charge in [-0.1, -0.05) is 6.07 Å². The number of nitrogens with one attached hydrogen (secondary N) is 1. The molecule has 1 aromatic carbocycles. The molecule has 1 fully saturated rings. The van der Waals surface area contributed by atoms with E-state index in [1.54, 1.807) is 29.2 Å². The lowest BCUT2D eigenvalue weighted by Crippen LogP contribution is -2.26. The van der Waals surface area contributed by atoms with Crippen molar-refractivity contribution < 1.29 is 14.3 Å². The predicted octanol–water partition coefficient (Wildman–Crippen LogP) is 1.73. The maximum Gasteiger partial charge on any atom is 0.409 e. The Kier molecular flexibility index (Phi) is 4.56. The Labute approximate surface area is 116 Å². The molecule has 1 saturated heterocycles. The summed E-state index contributed by atoms with van der Waals surface area (Å²) in [6, 6.07) is 8.76. The van der Waals surface area contributed by atoms with Gasteiger partial charge in [-0.3, -0.25) is 4.79 Å². The van der Waals surface area contributed by atoms with E-state index in [0.717, 1.165) is 0 Å². The van der Waals surface area contributed by atoms with Crippen LogP contribution in [0.2, 0.25) is 0 Å². The van der Waals surface area contributed by atoms with Gasteiger partial charge in [0.25, 0.3) is 0 Å². The lowest BCUT2D eigenvalue weighted by molar-refractivity contribution is -0.116. The molecule has 1 aliphatic heterocycles. The Hall–Kier alpha value is -2.55. The minimum Gasteiger partial charge on any atom is -0.448 e. The average Bonchev–Trinajstić information content (AvgIpc) is 2.85. The molecule has 20 heavy (non-hydrogen) atoms. The van der Waals surface area contributed by atoms with Gasteiger partial charge in [0.05, 0.1) is 18.2 Å². The number of hydrogen-bond donors (Lipinski definition) is 1. The minimum absolute atomic E-state index is 0.132. The number of anilines is 1. The van der Waals surface area contributed by atoms with Gasteiger partial charge in [0, 0.05) is 18.7 Å². The maximum atomic E-state index is 11.7. The molecule has 1 heterocycles. The molecule has 1 aliphatic rings. The van der Waals surface area contributed by atoms with E-state index in [1.165, 1.54) is 0 Å². The fourth-order valence-corrected chi connectivity index (χ4v) is 1.95. The number of carbonyl (C=O) groups is 2. The number of amides is 2. The number of rotatable bonds is 5. The van der Waals surface area contributed by atoms with E-state index in [-0.39, 0.29) is 12.0 Å². The van der Waals surface area contributed by atoms with Crippen molar-refractivity contribution in [2.75, 3.05) is 25.0 Å². The third-order valence-electron chi connectivity index (χ3n) is 2.95. The molecule has 0 aliphatic carbocycles. The monoisotopic (exact) mass is 273 g/mol. The van der Waals surface area contributed by atoms with Crippen molar-refractivity contribution in [2.24, 2.45) is 0 Å². The molecule has 1 aromatic rings. The second-order valence-electron chi connectivity index (χ2n) is 4.45. The summed E-state index contributed by atoms with van der Waals surface area (Å²) in [6.07, 6.45) is 0.589. The van der Waals surface area contributed by atoms with Crippen molar-refractivity contribution in [3.63, 3.8) is 0 Å². The van der Waals surface area contributed by atoms with Crippen LogP contribution in [0.25, 0.3) is 0 Å². The largest absolute Gasteiger partial charge is 0.448 e. The molecule has 6 heteroatoms. The second-order valence-corrected chi connectivity index (χ2v) is 4.45. The first-order chi connectivity index (χ1) is 9.69. The quantitative estimate of drug-likeness (QED) is 0.885. The van der Waals surface area contributed by atoms with Gasteiger partial charge in [0.2, 0.25) is 5.91 Å². The topological polar surface area (TPSA) is 82.4 Å². The molecule has 6 nitrogen and oxygen atoms in total. The lowest BCUT2D eigenvalue weighted by atomic mass is 10.2. The first-order valence-electron chi connectivity index (χ1n) is 6.41. The summed E-state index contributed by atoms with van der Waals surface area (Å²) in [4.78, 5) is 24.5. The van der Waals surface area contributed by atoms with Crippen LogP contribution in [-0.2, 0) is 9.53 Å². The molecule has 0 spiro atoms. The smallest absolute Gasteiger partial charge is 0.409 e. The predicted molar refractivity (Wildman–Crippen MR) is 71.9 cm³/mol. The van der Waals surface area contributed by atoms with Crippen LogP contribution >= 0.6 is 0 Å². The molecular weight excluding hydrogens is 258 g/mol. The van der Waals surface area contributed by atoms with Crippen LogP contribution in [-0.4, -0.2) is 36.6 Å². The van der Waals surface area contributed by atoms with Gasteiger partial charge in [0.1, 0.15) is 6.61 Å². The zero-order chi connectivity index (χ0) is 14.4. The van der Waals surface area contributed by atoms with Gasteiger partial charge in [0.15, 0.2) is 0 Å². The molecule has 0 saturated carbocycles. The summed E-state index contributed by atoms with van der Waals surface area (Å²) in [7, 11) is 0. The molecule has 2 rings (SSSR count). The van der Waals surface area contributed by atoms with Crippen LogP contribution in [0, 0.1) is 11.3 Å². The summed E-state index contributed by atoms with van der Waals surface area (Å²) in [6.45, 7) is 1.53. The highest BCUT2D eigenvalue weighted by atomic mass is 16.6. The van der Waals surface area contributed by atoms with Gasteiger partial charge < -0.3 is 15.0 Å². The van der Waals surface area contributed by atoms with E-state index in [0.29, 0.717) is 43.8 Å². The Morgan fingerprint density at radius 3 is 3.05 bits per heavy atom. The van der Waals surface area contributed by atoms with Crippen LogP contribution < -0.4 is 5.32 Å². The Bertz CT molecular complexity index is 551. The molecule has 0 atom stereocenters. The fourth-order valence-electron chi connectivity index (χ4n) is 1.95. The first kappa shape index (κ1) is 13.9. The standard InChI is InChI=1S/C14H15N3O3/c15-10-11-3-1-4-12(9-11)16-13(18)5-2-6-17-7-8-20-14(17)19/h1,3-4,9H,2,5-8H2,(H,16,18). The van der Waals surface area contributed by atoms with Crippen molar-refractivity contribution >= 4 is 17.7 Å². The van der Waals surface area contributed by atoms with E-state index in [1.807, 2.05) is 6.07 Å². The van der Waals surface area contributed by atoms with E-state index in [2.05, 4.69) is 5.32 Å². The SMILES string of the molecule is N#Cc1cccc(NC(=O)CCCN2CCOC2=O)c1. The third-order valence-corrected chi connectivity index (χ3v) is 2.95. The minimum atomic E-state index is -0.313. The first-order valence-corrected chi connectivity index (χ1v) is 6.41. The summed E-state index contributed by atoms with van der Waals surface area (Å²) >= 11 is 0. The molecule has 104 valence electrons. The molecule has 1 N–H and O–H groups in total. The fraction of sp³-hybridized carbons (Fsp3) is 0.357. The highest BCUT2D eigenvalue weighted by Crippen LogP contribution is 2.11. The Morgan fingerprint density at radius 1 is 1.50 bits per heavy atom. The van der Waals surface area contributed by atoms with Gasteiger partial charge in [-0.15, -0.1) is 0 Å².